The van der Waals surface area contributed by atoms with Crippen LogP contribution in [0.15, 0.2) is 59.7 Å². The molecule has 3 N–H and O–H groups in total. The minimum Gasteiger partial charge on any atom is -0.382 e. The molecular weight excluding hydrogens is 448 g/mol. The van der Waals surface area contributed by atoms with Gasteiger partial charge in [-0.15, -0.1) is 0 Å². The summed E-state index contributed by atoms with van der Waals surface area (Å²) in [4.78, 5) is 26.9. The van der Waals surface area contributed by atoms with Gasteiger partial charge < -0.3 is 11.1 Å². The Morgan fingerprint density at radius 3 is 2.68 bits per heavy atom. The molecule has 0 radical (unpaired) electrons. The molecule has 1 aliphatic rings. The van der Waals surface area contributed by atoms with Gasteiger partial charge >= 0.3 is 0 Å². The summed E-state index contributed by atoms with van der Waals surface area (Å²) >= 11 is 6.36. The quantitative estimate of drug-likeness (QED) is 0.409. The van der Waals surface area contributed by atoms with Crippen molar-refractivity contribution in [2.45, 2.75) is 38.3 Å². The summed E-state index contributed by atoms with van der Waals surface area (Å²) < 4.78 is 1.79. The first-order valence-corrected chi connectivity index (χ1v) is 11.6. The SMILES string of the molecule is CC[C@H](Nc1ncnc(N)c1C#Cc1ccccc1)c1nc2cccc(Cl)c2c(=O)n1C1CC1. The normalized spacial score (nSPS) is 13.8. The van der Waals surface area contributed by atoms with E-state index in [1.54, 1.807) is 16.7 Å². The first-order chi connectivity index (χ1) is 16.6. The minimum absolute atomic E-state index is 0.111. The number of fused-ring (bicyclic) bond motifs is 1. The number of hydrogen-bond acceptors (Lipinski definition) is 6. The molecule has 4 aromatic rings. The van der Waals surface area contributed by atoms with E-state index in [4.69, 9.17) is 22.3 Å². The molecule has 0 aliphatic heterocycles. The Kier molecular flexibility index (Phi) is 5.91. The second-order valence-electron chi connectivity index (χ2n) is 8.21. The number of nitrogen functional groups attached to an aromatic ring is 1. The van der Waals surface area contributed by atoms with Gasteiger partial charge in [0.25, 0.3) is 5.56 Å². The Labute approximate surface area is 202 Å². The zero-order chi connectivity index (χ0) is 23.7. The number of halogens is 1. The van der Waals surface area contributed by atoms with Crippen LogP contribution in [0.4, 0.5) is 11.6 Å². The van der Waals surface area contributed by atoms with Gasteiger partial charge in [0.05, 0.1) is 22.0 Å². The van der Waals surface area contributed by atoms with Crippen molar-refractivity contribution in [3.8, 4) is 11.8 Å². The van der Waals surface area contributed by atoms with Gasteiger partial charge in [-0.1, -0.05) is 54.6 Å². The topological polar surface area (TPSA) is 98.7 Å². The predicted molar refractivity (Wildman–Crippen MR) is 135 cm³/mol. The van der Waals surface area contributed by atoms with Crippen LogP contribution in [0.25, 0.3) is 10.9 Å². The van der Waals surface area contributed by atoms with Crippen molar-refractivity contribution in [1.29, 1.82) is 0 Å². The molecule has 1 saturated carbocycles. The zero-order valence-corrected chi connectivity index (χ0v) is 19.4. The molecule has 5 rings (SSSR count). The molecule has 1 aliphatic carbocycles. The van der Waals surface area contributed by atoms with Gasteiger partial charge in [-0.25, -0.2) is 15.0 Å². The lowest BCUT2D eigenvalue weighted by Gasteiger charge is -2.22. The molecule has 2 aromatic heterocycles. The molecule has 0 amide bonds. The van der Waals surface area contributed by atoms with Crippen LogP contribution in [-0.2, 0) is 0 Å². The maximum absolute atomic E-state index is 13.4. The summed E-state index contributed by atoms with van der Waals surface area (Å²) in [6.45, 7) is 2.03. The molecule has 0 saturated heterocycles. The van der Waals surface area contributed by atoms with E-state index in [0.29, 0.717) is 39.6 Å². The Bertz CT molecular complexity index is 1480. The Morgan fingerprint density at radius 1 is 1.15 bits per heavy atom. The van der Waals surface area contributed by atoms with Crippen LogP contribution >= 0.6 is 11.6 Å². The predicted octanol–water partition coefficient (Wildman–Crippen LogP) is 4.72. The van der Waals surface area contributed by atoms with Crippen LogP contribution in [0, 0.1) is 11.8 Å². The highest BCUT2D eigenvalue weighted by Crippen LogP contribution is 2.37. The fraction of sp³-hybridized carbons (Fsp3) is 0.231. The van der Waals surface area contributed by atoms with Crippen LogP contribution in [0.5, 0.6) is 0 Å². The summed E-state index contributed by atoms with van der Waals surface area (Å²) in [6, 6.07) is 14.8. The third kappa shape index (κ3) is 4.20. The van der Waals surface area contributed by atoms with Gasteiger partial charge in [0, 0.05) is 11.6 Å². The number of benzene rings is 2. The molecule has 8 heteroatoms. The number of hydrogen-bond donors (Lipinski definition) is 2. The maximum atomic E-state index is 13.4. The van der Waals surface area contributed by atoms with Crippen molar-refractivity contribution in [3.63, 3.8) is 0 Å². The van der Waals surface area contributed by atoms with Crippen LogP contribution in [0.1, 0.15) is 55.2 Å². The van der Waals surface area contributed by atoms with E-state index < -0.39 is 0 Å². The Balaban J connectivity index is 1.59. The lowest BCUT2D eigenvalue weighted by molar-refractivity contribution is 0.578. The van der Waals surface area contributed by atoms with Gasteiger partial charge in [-0.3, -0.25) is 9.36 Å². The van der Waals surface area contributed by atoms with Crippen molar-refractivity contribution in [3.05, 3.63) is 87.2 Å². The average Bonchev–Trinajstić information content (AvgIpc) is 3.67. The van der Waals surface area contributed by atoms with Crippen molar-refractivity contribution >= 4 is 34.1 Å². The van der Waals surface area contributed by atoms with Crippen LogP contribution < -0.4 is 16.6 Å². The van der Waals surface area contributed by atoms with Crippen LogP contribution in [-0.4, -0.2) is 19.5 Å². The van der Waals surface area contributed by atoms with Gasteiger partial charge in [0.15, 0.2) is 0 Å². The number of aromatic nitrogens is 4. The largest absolute Gasteiger partial charge is 0.382 e. The number of nitrogens with one attached hydrogen (secondary N) is 1. The molecule has 0 unspecified atom stereocenters. The fourth-order valence-corrected chi connectivity index (χ4v) is 4.20. The molecule has 1 fully saturated rings. The summed E-state index contributed by atoms with van der Waals surface area (Å²) in [7, 11) is 0. The van der Waals surface area contributed by atoms with E-state index in [1.807, 2.05) is 43.3 Å². The number of nitrogens with two attached hydrogens (primary N) is 1. The summed E-state index contributed by atoms with van der Waals surface area (Å²) in [5.41, 5.74) is 8.00. The first-order valence-electron chi connectivity index (χ1n) is 11.2. The molecular formula is C26H23ClN6O. The highest BCUT2D eigenvalue weighted by atomic mass is 35.5. The summed E-state index contributed by atoms with van der Waals surface area (Å²) in [6.07, 6.45) is 3.95. The lowest BCUT2D eigenvalue weighted by Crippen LogP contribution is -2.29. The second kappa shape index (κ2) is 9.16. The van der Waals surface area contributed by atoms with E-state index in [2.05, 4.69) is 27.1 Å². The van der Waals surface area contributed by atoms with Crippen molar-refractivity contribution in [2.75, 3.05) is 11.1 Å². The minimum atomic E-state index is -0.289. The maximum Gasteiger partial charge on any atom is 0.263 e. The van der Waals surface area contributed by atoms with Crippen molar-refractivity contribution in [1.82, 2.24) is 19.5 Å². The molecule has 0 bridgehead atoms. The molecule has 170 valence electrons. The van der Waals surface area contributed by atoms with Gasteiger partial charge in [0.2, 0.25) is 0 Å². The average molecular weight is 471 g/mol. The Hall–Kier alpha value is -3.89. The van der Waals surface area contributed by atoms with E-state index in [-0.39, 0.29) is 23.5 Å². The first kappa shape index (κ1) is 21.9. The van der Waals surface area contributed by atoms with E-state index in [0.717, 1.165) is 18.4 Å². The number of rotatable bonds is 5. The monoisotopic (exact) mass is 470 g/mol. The van der Waals surface area contributed by atoms with Crippen LogP contribution in [0.2, 0.25) is 5.02 Å². The fourth-order valence-electron chi connectivity index (χ4n) is 3.95. The smallest absolute Gasteiger partial charge is 0.263 e. The van der Waals surface area contributed by atoms with Crippen LogP contribution in [0.3, 0.4) is 0 Å². The standard InChI is InChI=1S/C26H23ClN6O/c1-2-20(25-32-21-10-6-9-19(27)22(21)26(34)33(25)17-12-13-17)31-24-18(23(28)29-15-30-24)14-11-16-7-4-3-5-8-16/h3-10,15,17,20H,2,12-13H2,1H3,(H3,28,29,30,31)/t20-/m0/s1. The molecule has 7 nitrogen and oxygen atoms in total. The highest BCUT2D eigenvalue weighted by molar-refractivity contribution is 6.35. The third-order valence-corrected chi connectivity index (χ3v) is 6.15. The molecule has 1 atom stereocenters. The number of nitrogens with zero attached hydrogens (tertiary/aromatic N) is 4. The Morgan fingerprint density at radius 2 is 1.94 bits per heavy atom. The summed E-state index contributed by atoms with van der Waals surface area (Å²) in [5, 5.41) is 4.30. The van der Waals surface area contributed by atoms with E-state index in [9.17, 15) is 4.79 Å². The highest BCUT2D eigenvalue weighted by Gasteiger charge is 2.31. The van der Waals surface area contributed by atoms with Crippen molar-refractivity contribution in [2.24, 2.45) is 0 Å². The zero-order valence-electron chi connectivity index (χ0n) is 18.6. The van der Waals surface area contributed by atoms with E-state index >= 15 is 0 Å². The number of anilines is 2. The summed E-state index contributed by atoms with van der Waals surface area (Å²) in [5.74, 6) is 7.67. The van der Waals surface area contributed by atoms with Crippen molar-refractivity contribution < 1.29 is 0 Å². The molecule has 2 heterocycles. The molecule has 0 spiro atoms. The van der Waals surface area contributed by atoms with Gasteiger partial charge in [0.1, 0.15) is 29.4 Å². The molecule has 2 aromatic carbocycles. The lowest BCUT2D eigenvalue weighted by atomic mass is 10.1. The van der Waals surface area contributed by atoms with Gasteiger partial charge in [-0.05, 0) is 43.5 Å². The van der Waals surface area contributed by atoms with Gasteiger partial charge in [-0.2, -0.15) is 0 Å². The third-order valence-electron chi connectivity index (χ3n) is 5.83. The van der Waals surface area contributed by atoms with E-state index in [1.165, 1.54) is 6.33 Å². The second-order valence-corrected chi connectivity index (χ2v) is 8.62. The molecule has 34 heavy (non-hydrogen) atoms.